The molecule has 1 aliphatic rings. The summed E-state index contributed by atoms with van der Waals surface area (Å²) in [6, 6.07) is 0. The summed E-state index contributed by atoms with van der Waals surface area (Å²) in [5.74, 6) is -1.28. The molecule has 31 heavy (non-hydrogen) atoms. The average molecular weight is 445 g/mol. The van der Waals surface area contributed by atoms with Gasteiger partial charge in [-0.05, 0) is 19.3 Å². The first kappa shape index (κ1) is 27.7. The second-order valence-electron chi connectivity index (χ2n) is 8.53. The summed E-state index contributed by atoms with van der Waals surface area (Å²) in [5.41, 5.74) is 0. The number of hydrogen-bond donors (Lipinski definition) is 5. The standard InChI is InChI=1S/C23H40O8/c1-2-3-4-7-16(25)10-11-19-20(22(29)13-21(19)28)12-17(26)8-5-6-9-23(30)31-15-18(27)14-24/h10-11,16,18-22,24-25,27-29H,2-9,12-15H2,1H3/b11-10+/t16-,18-,19+,20+,21+,22-/m0/s1. The van der Waals surface area contributed by atoms with E-state index in [4.69, 9.17) is 14.9 Å². The highest BCUT2D eigenvalue weighted by molar-refractivity contribution is 5.78. The molecule has 1 aliphatic carbocycles. The number of rotatable bonds is 16. The van der Waals surface area contributed by atoms with Gasteiger partial charge in [0.25, 0.3) is 0 Å². The Morgan fingerprint density at radius 3 is 2.45 bits per heavy atom. The van der Waals surface area contributed by atoms with E-state index in [1.54, 1.807) is 12.2 Å². The molecule has 0 aromatic heterocycles. The van der Waals surface area contributed by atoms with Gasteiger partial charge in [0.05, 0.1) is 24.9 Å². The number of Topliss-reactive ketones (excluding diaryl/α,β-unsaturated/α-hetero) is 1. The predicted molar refractivity (Wildman–Crippen MR) is 115 cm³/mol. The molecular formula is C23H40O8. The van der Waals surface area contributed by atoms with Crippen LogP contribution in [0.5, 0.6) is 0 Å². The third-order valence-corrected chi connectivity index (χ3v) is 5.77. The highest BCUT2D eigenvalue weighted by atomic mass is 16.5. The van der Waals surface area contributed by atoms with Gasteiger partial charge < -0.3 is 30.3 Å². The minimum absolute atomic E-state index is 0.0379. The Labute approximate surface area is 184 Å². The molecule has 8 heteroatoms. The van der Waals surface area contributed by atoms with Crippen molar-refractivity contribution in [1.82, 2.24) is 0 Å². The van der Waals surface area contributed by atoms with Crippen LogP contribution in [0, 0.1) is 11.8 Å². The SMILES string of the molecule is CCCCC[C@H](O)/C=C/[C@@H]1[C@@H](CC(=O)CCCCC(=O)OC[C@@H](O)CO)[C@@H](O)C[C@H]1O. The lowest BCUT2D eigenvalue weighted by molar-refractivity contribution is -0.147. The maximum atomic E-state index is 12.4. The minimum Gasteiger partial charge on any atom is -0.463 e. The molecule has 1 saturated carbocycles. The largest absolute Gasteiger partial charge is 0.463 e. The van der Waals surface area contributed by atoms with Gasteiger partial charge in [-0.1, -0.05) is 38.3 Å². The zero-order valence-corrected chi connectivity index (χ0v) is 18.6. The number of ketones is 1. The van der Waals surface area contributed by atoms with Gasteiger partial charge in [-0.3, -0.25) is 9.59 Å². The predicted octanol–water partition coefficient (Wildman–Crippen LogP) is 1.26. The van der Waals surface area contributed by atoms with Crippen LogP contribution in [0.3, 0.4) is 0 Å². The molecule has 0 aromatic carbocycles. The van der Waals surface area contributed by atoms with Crippen molar-refractivity contribution in [2.45, 2.75) is 95.5 Å². The fourth-order valence-corrected chi connectivity index (χ4v) is 3.89. The van der Waals surface area contributed by atoms with Crippen molar-refractivity contribution < 1.29 is 39.9 Å². The first-order chi connectivity index (χ1) is 14.8. The Bertz CT molecular complexity index is 550. The van der Waals surface area contributed by atoms with E-state index in [2.05, 4.69) is 6.92 Å². The fourth-order valence-electron chi connectivity index (χ4n) is 3.89. The Morgan fingerprint density at radius 1 is 1.06 bits per heavy atom. The average Bonchev–Trinajstić information content (AvgIpc) is 3.00. The summed E-state index contributed by atoms with van der Waals surface area (Å²) in [6.07, 6.45) is 5.63. The zero-order chi connectivity index (χ0) is 23.2. The second-order valence-corrected chi connectivity index (χ2v) is 8.53. The Morgan fingerprint density at radius 2 is 1.77 bits per heavy atom. The van der Waals surface area contributed by atoms with Crippen LogP contribution in [0.15, 0.2) is 12.2 Å². The molecule has 8 nitrogen and oxygen atoms in total. The third-order valence-electron chi connectivity index (χ3n) is 5.77. The Balaban J connectivity index is 2.38. The summed E-state index contributed by atoms with van der Waals surface area (Å²) in [6.45, 7) is 1.37. The molecule has 0 bridgehead atoms. The van der Waals surface area contributed by atoms with Crippen LogP contribution in [0.2, 0.25) is 0 Å². The maximum absolute atomic E-state index is 12.4. The van der Waals surface area contributed by atoms with Gasteiger partial charge in [0, 0.05) is 37.5 Å². The highest BCUT2D eigenvalue weighted by Gasteiger charge is 2.41. The topological polar surface area (TPSA) is 145 Å². The summed E-state index contributed by atoms with van der Waals surface area (Å²) in [5, 5.41) is 48.4. The molecule has 1 fully saturated rings. The molecule has 0 unspecified atom stereocenters. The lowest BCUT2D eigenvalue weighted by Crippen LogP contribution is -2.24. The smallest absolute Gasteiger partial charge is 0.305 e. The van der Waals surface area contributed by atoms with E-state index < -0.39 is 37.0 Å². The molecule has 0 heterocycles. The molecule has 0 aromatic rings. The van der Waals surface area contributed by atoms with Gasteiger partial charge in [0.1, 0.15) is 18.5 Å². The molecule has 0 aliphatic heterocycles. The van der Waals surface area contributed by atoms with Gasteiger partial charge in [0.15, 0.2) is 0 Å². The number of aliphatic hydroxyl groups is 5. The number of ether oxygens (including phenoxy) is 1. The number of aliphatic hydroxyl groups excluding tert-OH is 5. The van der Waals surface area contributed by atoms with Gasteiger partial charge in [-0.15, -0.1) is 0 Å². The van der Waals surface area contributed by atoms with Gasteiger partial charge in [-0.2, -0.15) is 0 Å². The minimum atomic E-state index is -1.09. The number of hydrogen-bond acceptors (Lipinski definition) is 8. The van der Waals surface area contributed by atoms with E-state index in [9.17, 15) is 24.9 Å². The molecule has 1 rings (SSSR count). The van der Waals surface area contributed by atoms with Crippen LogP contribution >= 0.6 is 0 Å². The second kappa shape index (κ2) is 15.5. The van der Waals surface area contributed by atoms with Crippen LogP contribution in [0.4, 0.5) is 0 Å². The Hall–Kier alpha value is -1.32. The van der Waals surface area contributed by atoms with Crippen molar-refractivity contribution >= 4 is 11.8 Å². The number of unbranched alkanes of at least 4 members (excludes halogenated alkanes) is 3. The molecular weight excluding hydrogens is 404 g/mol. The summed E-state index contributed by atoms with van der Waals surface area (Å²) < 4.78 is 4.80. The highest BCUT2D eigenvalue weighted by Crippen LogP contribution is 2.36. The normalized spacial score (nSPS) is 25.6. The molecule has 5 N–H and O–H groups in total. The molecule has 6 atom stereocenters. The molecule has 0 amide bonds. The monoisotopic (exact) mass is 444 g/mol. The van der Waals surface area contributed by atoms with Crippen LogP contribution < -0.4 is 0 Å². The van der Waals surface area contributed by atoms with Gasteiger partial charge >= 0.3 is 5.97 Å². The third kappa shape index (κ3) is 11.2. The quantitative estimate of drug-likeness (QED) is 0.136. The van der Waals surface area contributed by atoms with Crippen molar-refractivity contribution in [3.63, 3.8) is 0 Å². The Kier molecular flexibility index (Phi) is 13.8. The number of esters is 1. The first-order valence-electron chi connectivity index (χ1n) is 11.5. The summed E-state index contributed by atoms with van der Waals surface area (Å²) in [4.78, 5) is 23.9. The van der Waals surface area contributed by atoms with Gasteiger partial charge in [0.2, 0.25) is 0 Å². The van der Waals surface area contributed by atoms with Crippen molar-refractivity contribution in [1.29, 1.82) is 0 Å². The van der Waals surface area contributed by atoms with Crippen LogP contribution in [0.1, 0.15) is 71.1 Å². The first-order valence-corrected chi connectivity index (χ1v) is 11.5. The lowest BCUT2D eigenvalue weighted by atomic mass is 9.87. The lowest BCUT2D eigenvalue weighted by Gasteiger charge is -2.20. The fraction of sp³-hybridized carbons (Fsp3) is 0.826. The summed E-state index contributed by atoms with van der Waals surface area (Å²) in [7, 11) is 0. The number of carbonyl (C=O) groups is 2. The van der Waals surface area contributed by atoms with E-state index in [1.165, 1.54) is 0 Å². The van der Waals surface area contributed by atoms with E-state index in [1.807, 2.05) is 0 Å². The van der Waals surface area contributed by atoms with E-state index >= 15 is 0 Å². The molecule has 0 spiro atoms. The van der Waals surface area contributed by atoms with Crippen molar-refractivity contribution in [3.05, 3.63) is 12.2 Å². The van der Waals surface area contributed by atoms with E-state index in [-0.39, 0.29) is 49.9 Å². The van der Waals surface area contributed by atoms with Crippen LogP contribution in [0.25, 0.3) is 0 Å². The van der Waals surface area contributed by atoms with E-state index in [0.717, 1.165) is 19.3 Å². The molecule has 0 radical (unpaired) electrons. The molecule has 0 saturated heterocycles. The van der Waals surface area contributed by atoms with Crippen molar-refractivity contribution in [3.8, 4) is 0 Å². The maximum Gasteiger partial charge on any atom is 0.305 e. The van der Waals surface area contributed by atoms with Crippen molar-refractivity contribution in [2.24, 2.45) is 11.8 Å². The van der Waals surface area contributed by atoms with Crippen molar-refractivity contribution in [2.75, 3.05) is 13.2 Å². The summed E-state index contributed by atoms with van der Waals surface area (Å²) >= 11 is 0. The number of carbonyl (C=O) groups excluding carboxylic acids is 2. The van der Waals surface area contributed by atoms with E-state index in [0.29, 0.717) is 19.3 Å². The zero-order valence-electron chi connectivity index (χ0n) is 18.6. The van der Waals surface area contributed by atoms with Gasteiger partial charge in [-0.25, -0.2) is 0 Å². The van der Waals surface area contributed by atoms with Crippen LogP contribution in [-0.4, -0.2) is 74.9 Å². The van der Waals surface area contributed by atoms with Crippen LogP contribution in [-0.2, 0) is 14.3 Å². The molecule has 180 valence electrons.